The number of amides is 1. The SMILES string of the molecule is C[C@H](NS(=O)(=O)c1ccccc1C(F)(F)F)C(=O)NCc1ccc2c(c1)CCCN2C. The fourth-order valence-corrected chi connectivity index (χ4v) is 5.01. The average molecular weight is 456 g/mol. The van der Waals surface area contributed by atoms with Gasteiger partial charge in [-0.05, 0) is 49.1 Å². The lowest BCUT2D eigenvalue weighted by atomic mass is 9.99. The van der Waals surface area contributed by atoms with Crippen LogP contribution in [0.1, 0.15) is 30.0 Å². The Morgan fingerprint density at radius 3 is 2.61 bits per heavy atom. The zero-order valence-corrected chi connectivity index (χ0v) is 18.0. The molecule has 1 heterocycles. The Hall–Kier alpha value is -2.59. The van der Waals surface area contributed by atoms with Gasteiger partial charge < -0.3 is 10.2 Å². The number of nitrogens with one attached hydrogen (secondary N) is 2. The smallest absolute Gasteiger partial charge is 0.374 e. The molecule has 6 nitrogen and oxygen atoms in total. The number of hydrogen-bond acceptors (Lipinski definition) is 4. The zero-order chi connectivity index (χ0) is 22.8. The maximum absolute atomic E-state index is 13.2. The number of carbonyl (C=O) groups excluding carboxylic acids is 1. The van der Waals surface area contributed by atoms with Gasteiger partial charge in [-0.25, -0.2) is 8.42 Å². The molecular weight excluding hydrogens is 431 g/mol. The Morgan fingerprint density at radius 1 is 1.19 bits per heavy atom. The molecule has 3 rings (SSSR count). The third-order valence-corrected chi connectivity index (χ3v) is 6.77. The van der Waals surface area contributed by atoms with Crippen LogP contribution >= 0.6 is 0 Å². The first-order valence-corrected chi connectivity index (χ1v) is 11.3. The standard InChI is InChI=1S/C21H24F3N3O3S/c1-14(26-31(29,30)19-8-4-3-7-17(19)21(22,23)24)20(28)25-13-15-9-10-18-16(12-15)6-5-11-27(18)2/h3-4,7-10,12,14,26H,5-6,11,13H2,1-2H3,(H,25,28)/t14-/m0/s1. The van der Waals surface area contributed by atoms with E-state index in [9.17, 15) is 26.4 Å². The summed E-state index contributed by atoms with van der Waals surface area (Å²) >= 11 is 0. The summed E-state index contributed by atoms with van der Waals surface area (Å²) in [5, 5.41) is 2.63. The molecule has 1 aliphatic heterocycles. The molecule has 31 heavy (non-hydrogen) atoms. The summed E-state index contributed by atoms with van der Waals surface area (Å²) in [4.78, 5) is 13.6. The van der Waals surface area contributed by atoms with Crippen LogP contribution < -0.4 is 14.9 Å². The van der Waals surface area contributed by atoms with E-state index in [0.717, 1.165) is 42.8 Å². The number of carbonyl (C=O) groups is 1. The third kappa shape index (κ3) is 5.37. The summed E-state index contributed by atoms with van der Waals surface area (Å²) in [6.07, 6.45) is -2.86. The number of benzene rings is 2. The summed E-state index contributed by atoms with van der Waals surface area (Å²) in [5.74, 6) is -0.636. The van der Waals surface area contributed by atoms with Crippen molar-refractivity contribution < 1.29 is 26.4 Å². The van der Waals surface area contributed by atoms with Crippen molar-refractivity contribution in [1.82, 2.24) is 10.0 Å². The van der Waals surface area contributed by atoms with Gasteiger partial charge in [0.25, 0.3) is 0 Å². The fourth-order valence-electron chi connectivity index (χ4n) is 3.58. The van der Waals surface area contributed by atoms with E-state index >= 15 is 0 Å². The molecule has 0 aliphatic carbocycles. The van der Waals surface area contributed by atoms with Crippen molar-refractivity contribution in [2.45, 2.75) is 43.4 Å². The topological polar surface area (TPSA) is 78.5 Å². The molecule has 0 fully saturated rings. The van der Waals surface area contributed by atoms with Gasteiger partial charge in [-0.15, -0.1) is 0 Å². The predicted octanol–water partition coefficient (Wildman–Crippen LogP) is 3.07. The van der Waals surface area contributed by atoms with Crippen molar-refractivity contribution in [3.8, 4) is 0 Å². The normalized spacial score (nSPS) is 15.3. The second-order valence-electron chi connectivity index (χ2n) is 7.54. The highest BCUT2D eigenvalue weighted by molar-refractivity contribution is 7.89. The highest BCUT2D eigenvalue weighted by Gasteiger charge is 2.37. The molecule has 0 spiro atoms. The molecule has 2 N–H and O–H groups in total. The molecule has 0 saturated carbocycles. The molecule has 0 radical (unpaired) electrons. The number of anilines is 1. The number of sulfonamides is 1. The summed E-state index contributed by atoms with van der Waals surface area (Å²) < 4.78 is 66.5. The third-order valence-electron chi connectivity index (χ3n) is 5.17. The van der Waals surface area contributed by atoms with Crippen molar-refractivity contribution in [2.24, 2.45) is 0 Å². The minimum absolute atomic E-state index is 0.182. The Bertz CT molecular complexity index is 1070. The highest BCUT2D eigenvalue weighted by Crippen LogP contribution is 2.34. The van der Waals surface area contributed by atoms with Crippen LogP contribution in [-0.2, 0) is 34.0 Å². The molecule has 1 aliphatic rings. The van der Waals surface area contributed by atoms with Crippen LogP contribution in [0.2, 0.25) is 0 Å². The van der Waals surface area contributed by atoms with Crippen LogP contribution in [0.25, 0.3) is 0 Å². The van der Waals surface area contributed by atoms with Gasteiger partial charge in [0, 0.05) is 25.8 Å². The second kappa shape index (κ2) is 8.88. The van der Waals surface area contributed by atoms with Crippen LogP contribution in [0.15, 0.2) is 47.4 Å². The number of aryl methyl sites for hydroxylation is 1. The molecular formula is C21H24F3N3O3S. The maximum atomic E-state index is 13.2. The zero-order valence-electron chi connectivity index (χ0n) is 17.2. The molecule has 0 unspecified atom stereocenters. The quantitative estimate of drug-likeness (QED) is 0.702. The van der Waals surface area contributed by atoms with Gasteiger partial charge in [0.15, 0.2) is 0 Å². The molecule has 0 bridgehead atoms. The molecule has 10 heteroatoms. The van der Waals surface area contributed by atoms with Gasteiger partial charge in [-0.3, -0.25) is 4.79 Å². The van der Waals surface area contributed by atoms with E-state index in [1.807, 2.05) is 30.0 Å². The number of fused-ring (bicyclic) bond motifs is 1. The lowest BCUT2D eigenvalue weighted by Crippen LogP contribution is -2.44. The van der Waals surface area contributed by atoms with Crippen molar-refractivity contribution in [3.05, 3.63) is 59.2 Å². The van der Waals surface area contributed by atoms with Crippen LogP contribution in [0.3, 0.4) is 0 Å². The maximum Gasteiger partial charge on any atom is 0.417 e. The summed E-state index contributed by atoms with van der Waals surface area (Å²) in [6, 6.07) is 8.46. The number of alkyl halides is 3. The predicted molar refractivity (Wildman–Crippen MR) is 111 cm³/mol. The van der Waals surface area contributed by atoms with Gasteiger partial charge in [-0.2, -0.15) is 17.9 Å². The second-order valence-corrected chi connectivity index (χ2v) is 9.23. The van der Waals surface area contributed by atoms with E-state index in [2.05, 4.69) is 10.2 Å². The van der Waals surface area contributed by atoms with E-state index in [1.54, 1.807) is 0 Å². The molecule has 0 aromatic heterocycles. The average Bonchev–Trinajstić information content (AvgIpc) is 2.71. The first-order valence-electron chi connectivity index (χ1n) is 9.78. The summed E-state index contributed by atoms with van der Waals surface area (Å²) in [7, 11) is -2.54. The Balaban J connectivity index is 1.66. The van der Waals surface area contributed by atoms with Crippen molar-refractivity contribution in [3.63, 3.8) is 0 Å². The number of hydrogen-bond donors (Lipinski definition) is 2. The van der Waals surface area contributed by atoms with E-state index in [4.69, 9.17) is 0 Å². The van der Waals surface area contributed by atoms with Crippen molar-refractivity contribution in [1.29, 1.82) is 0 Å². The Morgan fingerprint density at radius 2 is 1.90 bits per heavy atom. The molecule has 1 amide bonds. The minimum Gasteiger partial charge on any atom is -0.374 e. The van der Waals surface area contributed by atoms with E-state index in [0.29, 0.717) is 6.07 Å². The molecule has 0 saturated heterocycles. The number of nitrogens with zero attached hydrogens (tertiary/aromatic N) is 1. The number of halogens is 3. The first-order chi connectivity index (χ1) is 14.5. The minimum atomic E-state index is -4.84. The largest absolute Gasteiger partial charge is 0.417 e. The van der Waals surface area contributed by atoms with Gasteiger partial charge in [-0.1, -0.05) is 24.3 Å². The van der Waals surface area contributed by atoms with Crippen molar-refractivity contribution >= 4 is 21.6 Å². The van der Waals surface area contributed by atoms with E-state index in [-0.39, 0.29) is 6.54 Å². The van der Waals surface area contributed by atoms with Gasteiger partial charge in [0.1, 0.15) is 0 Å². The first kappa shape index (κ1) is 23.1. The van der Waals surface area contributed by atoms with Crippen LogP contribution in [0, 0.1) is 0 Å². The molecule has 2 aromatic rings. The summed E-state index contributed by atoms with van der Waals surface area (Å²) in [6.45, 7) is 2.45. The monoisotopic (exact) mass is 455 g/mol. The lowest BCUT2D eigenvalue weighted by molar-refractivity contribution is -0.139. The Kier molecular flexibility index (Phi) is 6.61. The van der Waals surface area contributed by atoms with Crippen LogP contribution in [-0.4, -0.2) is 34.0 Å². The van der Waals surface area contributed by atoms with Gasteiger partial charge >= 0.3 is 6.18 Å². The van der Waals surface area contributed by atoms with E-state index in [1.165, 1.54) is 18.6 Å². The van der Waals surface area contributed by atoms with E-state index < -0.39 is 38.6 Å². The Labute approximate surface area is 179 Å². The van der Waals surface area contributed by atoms with Crippen LogP contribution in [0.5, 0.6) is 0 Å². The van der Waals surface area contributed by atoms with Crippen molar-refractivity contribution in [2.75, 3.05) is 18.5 Å². The number of rotatable bonds is 6. The molecule has 2 aromatic carbocycles. The fraction of sp³-hybridized carbons (Fsp3) is 0.381. The lowest BCUT2D eigenvalue weighted by Gasteiger charge is -2.28. The molecule has 1 atom stereocenters. The van der Waals surface area contributed by atoms with Crippen LogP contribution in [0.4, 0.5) is 18.9 Å². The summed E-state index contributed by atoms with van der Waals surface area (Å²) in [5.41, 5.74) is 1.90. The van der Waals surface area contributed by atoms with Gasteiger partial charge in [0.2, 0.25) is 15.9 Å². The molecule has 168 valence electrons. The van der Waals surface area contributed by atoms with Gasteiger partial charge in [0.05, 0.1) is 16.5 Å². The highest BCUT2D eigenvalue weighted by atomic mass is 32.2.